The van der Waals surface area contributed by atoms with E-state index in [0.29, 0.717) is 0 Å². The Bertz CT molecular complexity index is 4190. The van der Waals surface area contributed by atoms with Gasteiger partial charge in [-0.1, -0.05) is 72.8 Å². The van der Waals surface area contributed by atoms with Crippen LogP contribution in [-0.4, -0.2) is 0 Å². The van der Waals surface area contributed by atoms with Crippen LogP contribution in [0.15, 0.2) is 228 Å². The summed E-state index contributed by atoms with van der Waals surface area (Å²) >= 11 is 0. The Balaban J connectivity index is 0.827. The topological polar surface area (TPSA) is 72.2 Å². The second-order valence-electron chi connectivity index (χ2n) is 17.3. The van der Waals surface area contributed by atoms with Gasteiger partial charge in [-0.2, -0.15) is 0 Å². The molecule has 0 bridgehead atoms. The van der Waals surface area contributed by atoms with E-state index in [-0.39, 0.29) is 0 Å². The predicted octanol–water partition coefficient (Wildman–Crippen LogP) is 18.1. The number of nitrogens with zero attached hydrogens (tertiary/aromatic N) is 2. The summed E-state index contributed by atoms with van der Waals surface area (Å²) in [4.78, 5) is 4.48. The number of hydrogen-bond donors (Lipinski definition) is 0. The van der Waals surface area contributed by atoms with Crippen LogP contribution in [0.5, 0.6) is 0 Å². The Morgan fingerprint density at radius 1 is 0.179 bits per heavy atom. The number of anilines is 6. The Kier molecular flexibility index (Phi) is 7.37. The minimum atomic E-state index is 0.756. The summed E-state index contributed by atoms with van der Waals surface area (Å²) < 4.78 is 32.5. The van der Waals surface area contributed by atoms with Crippen molar-refractivity contribution in [2.45, 2.75) is 0 Å². The minimum Gasteiger partial charge on any atom is -0.456 e. The summed E-state index contributed by atoms with van der Waals surface area (Å²) in [6.45, 7) is 0. The van der Waals surface area contributed by atoms with Crippen molar-refractivity contribution in [2.24, 2.45) is 0 Å². The number of para-hydroxylation sites is 4. The zero-order valence-electron chi connectivity index (χ0n) is 35.6. The molecule has 0 spiro atoms. The molecule has 7 nitrogen and oxygen atoms in total. The molecule has 15 rings (SSSR count). The average molecular weight is 863 g/mol. The Hall–Kier alpha value is -9.20. The van der Waals surface area contributed by atoms with Crippen LogP contribution in [0.4, 0.5) is 34.1 Å². The molecule has 15 aromatic rings. The third kappa shape index (κ3) is 5.46. The molecule has 0 radical (unpaired) electrons. The minimum absolute atomic E-state index is 0.756. The van der Waals surface area contributed by atoms with E-state index in [1.165, 1.54) is 0 Å². The molecule has 0 amide bonds. The lowest BCUT2D eigenvalue weighted by atomic mass is 10.0. The van der Waals surface area contributed by atoms with Crippen LogP contribution in [0.25, 0.3) is 110 Å². The van der Waals surface area contributed by atoms with Gasteiger partial charge in [-0.25, -0.2) is 0 Å². The van der Waals surface area contributed by atoms with E-state index < -0.39 is 0 Å². The summed E-state index contributed by atoms with van der Waals surface area (Å²) in [7, 11) is 0. The number of hydrogen-bond acceptors (Lipinski definition) is 7. The largest absolute Gasteiger partial charge is 0.456 e. The number of benzene rings is 10. The van der Waals surface area contributed by atoms with Gasteiger partial charge in [-0.05, 0) is 97.1 Å². The maximum atomic E-state index is 6.65. The summed E-state index contributed by atoms with van der Waals surface area (Å²) in [6.07, 6.45) is 0. The van der Waals surface area contributed by atoms with Crippen molar-refractivity contribution >= 4 is 144 Å². The first-order valence-electron chi connectivity index (χ1n) is 22.4. The smallest absolute Gasteiger partial charge is 0.139 e. The highest BCUT2D eigenvalue weighted by molar-refractivity contribution is 6.19. The maximum Gasteiger partial charge on any atom is 0.139 e. The molecule has 5 aromatic heterocycles. The molecule has 0 unspecified atom stereocenters. The van der Waals surface area contributed by atoms with Crippen molar-refractivity contribution in [3.8, 4) is 0 Å². The van der Waals surface area contributed by atoms with Gasteiger partial charge in [0.25, 0.3) is 0 Å². The van der Waals surface area contributed by atoms with Gasteiger partial charge in [-0.15, -0.1) is 0 Å². The molecule has 5 heterocycles. The number of fused-ring (bicyclic) bond motifs is 15. The third-order valence-corrected chi connectivity index (χ3v) is 13.4. The summed E-state index contributed by atoms with van der Waals surface area (Å²) in [5, 5.41) is 10.5. The van der Waals surface area contributed by atoms with Crippen LogP contribution in [-0.2, 0) is 0 Å². The summed E-state index contributed by atoms with van der Waals surface area (Å²) in [5.41, 5.74) is 14.0. The van der Waals surface area contributed by atoms with E-state index >= 15 is 0 Å². The molecule has 0 fully saturated rings. The van der Waals surface area contributed by atoms with Gasteiger partial charge in [0.1, 0.15) is 55.8 Å². The van der Waals surface area contributed by atoms with Gasteiger partial charge in [0.05, 0.1) is 0 Å². The molecular formula is C60H34N2O5. The second kappa shape index (κ2) is 13.7. The van der Waals surface area contributed by atoms with Crippen LogP contribution in [0.3, 0.4) is 0 Å². The monoisotopic (exact) mass is 862 g/mol. The van der Waals surface area contributed by atoms with Crippen molar-refractivity contribution in [3.63, 3.8) is 0 Å². The SMILES string of the molecule is c1ccc(N(c2ccc3c(c2)oc2ccccc23)c2ccc3c(c2)oc2cc4oc5cc6oc7cc(N(c8ccccc8)c8ccc9c(c8)oc8ccccc89)ccc7c6cc5c4cc23)cc1. The quantitative estimate of drug-likeness (QED) is 0.165. The van der Waals surface area contributed by atoms with E-state index in [0.717, 1.165) is 144 Å². The zero-order valence-corrected chi connectivity index (χ0v) is 35.6. The average Bonchev–Trinajstić information content (AvgIpc) is 4.18. The zero-order chi connectivity index (χ0) is 43.7. The Morgan fingerprint density at radius 3 is 0.821 bits per heavy atom. The molecule has 67 heavy (non-hydrogen) atoms. The highest BCUT2D eigenvalue weighted by Crippen LogP contribution is 2.45. The fraction of sp³-hybridized carbons (Fsp3) is 0. The fourth-order valence-corrected chi connectivity index (χ4v) is 10.3. The highest BCUT2D eigenvalue weighted by atomic mass is 16.4. The first kappa shape index (κ1) is 36.2. The maximum absolute atomic E-state index is 6.65. The van der Waals surface area contributed by atoms with Crippen molar-refractivity contribution in [2.75, 3.05) is 9.80 Å². The van der Waals surface area contributed by atoms with Gasteiger partial charge >= 0.3 is 0 Å². The Labute approximate surface area is 380 Å². The van der Waals surface area contributed by atoms with Crippen molar-refractivity contribution in [1.29, 1.82) is 0 Å². The normalized spacial score (nSPS) is 12.2. The van der Waals surface area contributed by atoms with Crippen LogP contribution < -0.4 is 9.80 Å². The van der Waals surface area contributed by atoms with Crippen LogP contribution in [0.2, 0.25) is 0 Å². The molecule has 0 aliphatic rings. The van der Waals surface area contributed by atoms with Crippen LogP contribution in [0, 0.1) is 0 Å². The lowest BCUT2D eigenvalue weighted by Crippen LogP contribution is -2.09. The van der Waals surface area contributed by atoms with Gasteiger partial charge in [0.2, 0.25) is 0 Å². The van der Waals surface area contributed by atoms with Crippen molar-refractivity contribution in [1.82, 2.24) is 0 Å². The molecule has 0 atom stereocenters. The number of furan rings is 5. The van der Waals surface area contributed by atoms with Crippen LogP contribution in [0.1, 0.15) is 0 Å². The van der Waals surface area contributed by atoms with Gasteiger partial charge < -0.3 is 31.9 Å². The molecule has 7 heteroatoms. The van der Waals surface area contributed by atoms with Crippen molar-refractivity contribution in [3.05, 3.63) is 206 Å². The van der Waals surface area contributed by atoms with Gasteiger partial charge in [0.15, 0.2) is 0 Å². The van der Waals surface area contributed by atoms with Gasteiger partial charge in [0, 0.05) is 124 Å². The summed E-state index contributed by atoms with van der Waals surface area (Å²) in [5.74, 6) is 0. The molecule has 0 saturated carbocycles. The van der Waals surface area contributed by atoms with E-state index in [4.69, 9.17) is 22.1 Å². The molecule has 314 valence electrons. The lowest BCUT2D eigenvalue weighted by molar-refractivity contribution is 0.651. The molecule has 10 aromatic carbocycles. The van der Waals surface area contributed by atoms with Crippen LogP contribution >= 0.6 is 0 Å². The standard InChI is InChI=1S/C60H34N2O5/c1-3-11-35(12-4-1)61(37-19-23-43-41-15-7-9-17-51(41)63-53(43)27-37)39-21-25-45-47-31-49-50-32-48-46-26-22-40(30-56(46)66-58(48)34-60(50)67-59(49)33-57(47)65-55(45)29-39)62(36-13-5-2-6-14-36)38-20-24-44-42-16-8-10-18-52(42)64-54(44)28-38/h1-34H. The second-order valence-corrected chi connectivity index (χ2v) is 17.3. The van der Waals surface area contributed by atoms with E-state index in [9.17, 15) is 0 Å². The van der Waals surface area contributed by atoms with Gasteiger partial charge in [-0.3, -0.25) is 0 Å². The first-order chi connectivity index (χ1) is 33.1. The predicted molar refractivity (Wildman–Crippen MR) is 272 cm³/mol. The molecule has 0 aliphatic heterocycles. The van der Waals surface area contributed by atoms with Crippen molar-refractivity contribution < 1.29 is 22.1 Å². The Morgan fingerprint density at radius 2 is 0.448 bits per heavy atom. The summed E-state index contributed by atoms with van der Waals surface area (Å²) in [6, 6.07) is 71.3. The highest BCUT2D eigenvalue weighted by Gasteiger charge is 2.22. The first-order valence-corrected chi connectivity index (χ1v) is 22.4. The molecular weight excluding hydrogens is 829 g/mol. The third-order valence-electron chi connectivity index (χ3n) is 13.4. The van der Waals surface area contributed by atoms with E-state index in [1.54, 1.807) is 0 Å². The number of rotatable bonds is 6. The van der Waals surface area contributed by atoms with E-state index in [1.807, 2.05) is 60.7 Å². The molecule has 0 N–H and O–H groups in total. The molecule has 0 aliphatic carbocycles. The fourth-order valence-electron chi connectivity index (χ4n) is 10.3. The lowest BCUT2D eigenvalue weighted by Gasteiger charge is -2.25. The molecule has 0 saturated heterocycles. The van der Waals surface area contributed by atoms with E-state index in [2.05, 4.69) is 155 Å².